The van der Waals surface area contributed by atoms with Crippen LogP contribution < -0.4 is 31.3 Å². The Hall–Kier alpha value is -6.47. The number of phenolic OH excluding ortho intramolecular Hbond substituents is 1. The minimum atomic E-state index is -2.25. The first-order valence-electron chi connectivity index (χ1n) is 27.8. The summed E-state index contributed by atoms with van der Waals surface area (Å²) in [5.74, 6) is -5.58. The highest BCUT2D eigenvalue weighted by atomic mass is 16.5. The number of aliphatic hydroxyl groups excluding tert-OH is 7. The third kappa shape index (κ3) is 12.7. The molecule has 434 valence electrons. The molecular weight excluding hydrogens is 1040 g/mol. The first-order valence-corrected chi connectivity index (χ1v) is 27.8. The molecule has 3 saturated heterocycles. The van der Waals surface area contributed by atoms with E-state index in [4.69, 9.17) is 4.74 Å². The number of ether oxygens (including phenoxy) is 1. The molecule has 10 rings (SSSR count). The fourth-order valence-corrected chi connectivity index (χ4v) is 13.7. The SMILES string of the molecule is CC(O)C1NC(=O)C(NC(=O)c2ccc3cc(OCCC45CC6CC(CC(C6)C4)C5)ccc3c2)CC(O)C(O)NC(=O)C2C(O)C(C)CN2C(=O)C(C(C)O)NC(=O)C(C(O)Cc2ccc(O)cc2)NC(=O)C2CC(O)CN2C1=O. The molecule has 3 aromatic carbocycles. The summed E-state index contributed by atoms with van der Waals surface area (Å²) < 4.78 is 6.29. The second-order valence-electron chi connectivity index (χ2n) is 23.7. The van der Waals surface area contributed by atoms with Gasteiger partial charge in [0.2, 0.25) is 35.4 Å². The van der Waals surface area contributed by atoms with Gasteiger partial charge in [-0.15, -0.1) is 0 Å². The standard InChI is InChI=1S/C57H75N7O16/c1-27-25-64-47(48(27)71)54(77)62-52(75)43(70)21-40(58-49(72)36-7-6-35-19-39(11-8-34(35)18-36)80-13-12-57-22-31-14-32(23-57)16-33(15-31)24-57)50(73)59-44(28(2)65)55(78)63-26-38(68)20-41(63)51(74)61-46(53(76)60-45(29(3)66)56(64)79)42(69)17-30-4-9-37(67)10-5-30/h4-11,18-19,27-29,31-33,38,40-48,52,65-71,75H,12-17,20-26H2,1-3H3,(H,58,72)(H,59,73)(H,60,76)(H,61,74)(H,62,77). The van der Waals surface area contributed by atoms with Gasteiger partial charge in [-0.1, -0.05) is 31.2 Å². The minimum Gasteiger partial charge on any atom is -0.508 e. The maximum absolute atomic E-state index is 14.5. The second-order valence-corrected chi connectivity index (χ2v) is 23.7. The number of fused-ring (bicyclic) bond motifs is 3. The predicted octanol–water partition coefficient (Wildman–Crippen LogP) is -1.18. The molecule has 3 aromatic rings. The van der Waals surface area contributed by atoms with Crippen LogP contribution in [0.4, 0.5) is 0 Å². The van der Waals surface area contributed by atoms with Crippen LogP contribution in [0.15, 0.2) is 60.7 Å². The Balaban J connectivity index is 0.982. The van der Waals surface area contributed by atoms with Crippen LogP contribution in [-0.2, 0) is 35.2 Å². The van der Waals surface area contributed by atoms with Crippen LogP contribution in [0, 0.1) is 29.1 Å². The zero-order valence-corrected chi connectivity index (χ0v) is 45.0. The number of phenols is 1. The molecule has 7 aliphatic rings. The number of rotatable bonds is 11. The van der Waals surface area contributed by atoms with E-state index in [0.717, 1.165) is 53.2 Å². The highest BCUT2D eigenvalue weighted by molar-refractivity contribution is 6.02. The number of aromatic hydroxyl groups is 1. The highest BCUT2D eigenvalue weighted by Crippen LogP contribution is 2.61. The van der Waals surface area contributed by atoms with Gasteiger partial charge in [0, 0.05) is 43.8 Å². The molecule has 0 aromatic heterocycles. The fraction of sp³-hybridized carbons (Fsp3) is 0.596. The number of benzene rings is 3. The molecular formula is C57H75N7O16. The molecule has 3 heterocycles. The maximum atomic E-state index is 14.5. The average Bonchev–Trinajstić information content (AvgIpc) is 3.95. The van der Waals surface area contributed by atoms with Crippen molar-refractivity contribution in [1.82, 2.24) is 36.4 Å². The summed E-state index contributed by atoms with van der Waals surface area (Å²) in [5.41, 5.74) is 0.775. The zero-order chi connectivity index (χ0) is 57.5. The van der Waals surface area contributed by atoms with Crippen LogP contribution >= 0.6 is 0 Å². The van der Waals surface area contributed by atoms with E-state index in [1.54, 1.807) is 18.2 Å². The molecule has 7 amide bonds. The third-order valence-corrected chi connectivity index (χ3v) is 17.5. The highest BCUT2D eigenvalue weighted by Gasteiger charge is 2.52. The number of hydrogen-bond acceptors (Lipinski definition) is 16. The van der Waals surface area contributed by atoms with Crippen LogP contribution in [-0.4, -0.2) is 191 Å². The topological polar surface area (TPSA) is 357 Å². The van der Waals surface area contributed by atoms with Gasteiger partial charge in [0.15, 0.2) is 6.23 Å². The Morgan fingerprint density at radius 2 is 1.27 bits per heavy atom. The number of nitrogens with zero attached hydrogens (tertiary/aromatic N) is 2. The van der Waals surface area contributed by atoms with Crippen molar-refractivity contribution in [2.75, 3.05) is 19.7 Å². The zero-order valence-electron chi connectivity index (χ0n) is 45.0. The molecule has 0 radical (unpaired) electrons. The van der Waals surface area contributed by atoms with E-state index in [2.05, 4.69) is 26.6 Å². The van der Waals surface area contributed by atoms with Crippen molar-refractivity contribution >= 4 is 52.1 Å². The molecule has 4 aliphatic carbocycles. The van der Waals surface area contributed by atoms with Crippen molar-refractivity contribution in [3.63, 3.8) is 0 Å². The third-order valence-electron chi connectivity index (χ3n) is 17.5. The summed E-state index contributed by atoms with van der Waals surface area (Å²) in [6, 6.07) is 4.68. The fourth-order valence-electron chi connectivity index (χ4n) is 13.7. The number of nitrogens with one attached hydrogen (secondary N) is 5. The van der Waals surface area contributed by atoms with Crippen molar-refractivity contribution in [2.45, 2.75) is 164 Å². The van der Waals surface area contributed by atoms with E-state index in [1.165, 1.54) is 75.8 Å². The number of aliphatic hydroxyl groups is 7. The number of carbonyl (C=O) groups excluding carboxylic acids is 7. The molecule has 80 heavy (non-hydrogen) atoms. The molecule has 7 fully saturated rings. The normalized spacial score (nSPS) is 34.5. The summed E-state index contributed by atoms with van der Waals surface area (Å²) >= 11 is 0. The first-order chi connectivity index (χ1) is 38.0. The molecule has 4 bridgehead atoms. The summed E-state index contributed by atoms with van der Waals surface area (Å²) in [6.07, 6.45) is -5.33. The van der Waals surface area contributed by atoms with Gasteiger partial charge < -0.3 is 82.0 Å². The minimum absolute atomic E-state index is 0.0543. The Kier molecular flexibility index (Phi) is 17.4. The van der Waals surface area contributed by atoms with Gasteiger partial charge in [0.05, 0.1) is 37.1 Å². The van der Waals surface area contributed by atoms with Crippen molar-refractivity contribution < 1.29 is 79.2 Å². The van der Waals surface area contributed by atoms with Crippen molar-refractivity contribution in [3.8, 4) is 11.5 Å². The van der Waals surface area contributed by atoms with Crippen LogP contribution in [0.3, 0.4) is 0 Å². The van der Waals surface area contributed by atoms with Gasteiger partial charge in [-0.25, -0.2) is 0 Å². The van der Waals surface area contributed by atoms with E-state index in [1.807, 2.05) is 12.1 Å². The molecule has 3 aliphatic heterocycles. The largest absolute Gasteiger partial charge is 0.508 e. The van der Waals surface area contributed by atoms with Gasteiger partial charge in [0.1, 0.15) is 53.9 Å². The van der Waals surface area contributed by atoms with Crippen molar-refractivity contribution in [2.24, 2.45) is 29.1 Å². The van der Waals surface area contributed by atoms with Crippen molar-refractivity contribution in [1.29, 1.82) is 0 Å². The summed E-state index contributed by atoms with van der Waals surface area (Å²) in [7, 11) is 0. The Morgan fingerprint density at radius 3 is 1.91 bits per heavy atom. The summed E-state index contributed by atoms with van der Waals surface area (Å²) in [4.78, 5) is 102. The van der Waals surface area contributed by atoms with Crippen LogP contribution in [0.1, 0.15) is 94.5 Å². The number of hydrogen-bond donors (Lipinski definition) is 13. The maximum Gasteiger partial charge on any atom is 0.251 e. The van der Waals surface area contributed by atoms with Crippen LogP contribution in [0.25, 0.3) is 10.8 Å². The lowest BCUT2D eigenvalue weighted by molar-refractivity contribution is -0.148. The lowest BCUT2D eigenvalue weighted by Crippen LogP contribution is -2.64. The van der Waals surface area contributed by atoms with Crippen molar-refractivity contribution in [3.05, 3.63) is 71.8 Å². The van der Waals surface area contributed by atoms with E-state index >= 15 is 0 Å². The van der Waals surface area contributed by atoms with Gasteiger partial charge in [-0.05, 0) is 135 Å². The van der Waals surface area contributed by atoms with E-state index in [-0.39, 0.29) is 24.3 Å². The molecule has 0 spiro atoms. The lowest BCUT2D eigenvalue weighted by Gasteiger charge is -2.57. The first kappa shape index (κ1) is 58.2. The number of amides is 7. The molecule has 4 saturated carbocycles. The summed E-state index contributed by atoms with van der Waals surface area (Å²) in [5, 5.41) is 102. The molecule has 14 atom stereocenters. The predicted molar refractivity (Wildman–Crippen MR) is 284 cm³/mol. The Morgan fingerprint density at radius 1 is 0.688 bits per heavy atom. The van der Waals surface area contributed by atoms with Gasteiger partial charge in [0.25, 0.3) is 5.91 Å². The average molecular weight is 1110 g/mol. The quantitative estimate of drug-likeness (QED) is 0.107. The van der Waals surface area contributed by atoms with Crippen LogP contribution in [0.2, 0.25) is 0 Å². The summed E-state index contributed by atoms with van der Waals surface area (Å²) in [6.45, 7) is 3.52. The van der Waals surface area contributed by atoms with E-state index < -0.39 is 146 Å². The number of carbonyl (C=O) groups is 7. The van der Waals surface area contributed by atoms with Crippen LogP contribution in [0.5, 0.6) is 11.5 Å². The van der Waals surface area contributed by atoms with E-state index in [9.17, 15) is 74.4 Å². The lowest BCUT2D eigenvalue weighted by atomic mass is 9.49. The molecule has 23 nitrogen and oxygen atoms in total. The monoisotopic (exact) mass is 1110 g/mol. The van der Waals surface area contributed by atoms with Gasteiger partial charge >= 0.3 is 0 Å². The molecule has 14 unspecified atom stereocenters. The Bertz CT molecular complexity index is 2780. The Labute approximate surface area is 462 Å². The van der Waals surface area contributed by atoms with Gasteiger partial charge in [-0.2, -0.15) is 0 Å². The molecule has 13 N–H and O–H groups in total. The molecule has 23 heteroatoms. The van der Waals surface area contributed by atoms with Gasteiger partial charge in [-0.3, -0.25) is 33.6 Å². The smallest absolute Gasteiger partial charge is 0.251 e. The second kappa shape index (κ2) is 23.9. The van der Waals surface area contributed by atoms with E-state index in [0.29, 0.717) is 28.7 Å².